The van der Waals surface area contributed by atoms with Crippen LogP contribution in [0.5, 0.6) is 0 Å². The highest BCUT2D eigenvalue weighted by molar-refractivity contribution is 6.30. The van der Waals surface area contributed by atoms with E-state index in [4.69, 9.17) is 8.83 Å². The normalized spacial score (nSPS) is 11.9. The number of nitrogens with zero attached hydrogens (tertiary/aromatic N) is 4. The summed E-state index contributed by atoms with van der Waals surface area (Å²) >= 11 is 0. The molecule has 0 aliphatic carbocycles. The predicted molar refractivity (Wildman–Crippen MR) is 367 cm³/mol. The Morgan fingerprint density at radius 1 is 0.205 bits per heavy atom. The van der Waals surface area contributed by atoms with E-state index in [9.17, 15) is 0 Å². The van der Waals surface area contributed by atoms with Gasteiger partial charge >= 0.3 is 0 Å². The maximum Gasteiger partial charge on any atom is 0.135 e. The third-order valence-electron chi connectivity index (χ3n) is 17.8. The van der Waals surface area contributed by atoms with Gasteiger partial charge in [0.05, 0.1) is 22.1 Å². The van der Waals surface area contributed by atoms with Gasteiger partial charge in [-0.2, -0.15) is 0 Å². The second-order valence-electron chi connectivity index (χ2n) is 22.8. The van der Waals surface area contributed by atoms with Gasteiger partial charge in [-0.1, -0.05) is 182 Å². The Morgan fingerprint density at radius 2 is 0.545 bits per heavy atom. The summed E-state index contributed by atoms with van der Waals surface area (Å²) in [5.74, 6) is 0. The van der Waals surface area contributed by atoms with Crippen molar-refractivity contribution in [3.05, 3.63) is 315 Å². The van der Waals surface area contributed by atoms with Gasteiger partial charge in [0.2, 0.25) is 0 Å². The molecule has 4 heterocycles. The van der Waals surface area contributed by atoms with Crippen molar-refractivity contribution in [2.75, 3.05) is 9.80 Å². The maximum atomic E-state index is 6.40. The van der Waals surface area contributed by atoms with Crippen LogP contribution in [0.3, 0.4) is 0 Å². The van der Waals surface area contributed by atoms with Crippen LogP contribution >= 0.6 is 0 Å². The lowest BCUT2D eigenvalue weighted by atomic mass is 9.99. The molecule has 18 aromatic rings. The summed E-state index contributed by atoms with van der Waals surface area (Å²) in [6.07, 6.45) is 0. The first-order chi connectivity index (χ1) is 43.6. The average molecular weight is 1130 g/mol. The van der Waals surface area contributed by atoms with Crippen molar-refractivity contribution in [3.63, 3.8) is 0 Å². The number of hydrogen-bond acceptors (Lipinski definition) is 4. The lowest BCUT2D eigenvalue weighted by molar-refractivity contribution is 0.668. The third-order valence-corrected chi connectivity index (χ3v) is 17.8. The number of furan rings is 2. The lowest BCUT2D eigenvalue weighted by Gasteiger charge is -2.26. The van der Waals surface area contributed by atoms with E-state index in [0.29, 0.717) is 0 Å². The topological polar surface area (TPSA) is 42.6 Å². The van der Waals surface area contributed by atoms with Crippen LogP contribution in [0.25, 0.3) is 132 Å². The molecule has 88 heavy (non-hydrogen) atoms. The zero-order chi connectivity index (χ0) is 57.8. The minimum absolute atomic E-state index is 0.861. The van der Waals surface area contributed by atoms with E-state index in [0.717, 1.165) is 134 Å². The van der Waals surface area contributed by atoms with Crippen molar-refractivity contribution in [2.24, 2.45) is 0 Å². The van der Waals surface area contributed by atoms with Crippen molar-refractivity contribution < 1.29 is 8.83 Å². The molecule has 0 unspecified atom stereocenters. The highest BCUT2D eigenvalue weighted by atomic mass is 16.3. The summed E-state index contributed by atoms with van der Waals surface area (Å²) in [4.78, 5) is 4.79. The fourth-order valence-electron chi connectivity index (χ4n) is 13.9. The largest absolute Gasteiger partial charge is 0.456 e. The number of hydrogen-bond donors (Lipinski definition) is 0. The Hall–Kier alpha value is -11.9. The molecular formula is C82H52N4O2. The number of para-hydroxylation sites is 4. The number of rotatable bonds is 10. The van der Waals surface area contributed by atoms with Crippen LogP contribution in [-0.4, -0.2) is 9.13 Å². The predicted octanol–water partition coefficient (Wildman–Crippen LogP) is 23.1. The molecule has 6 nitrogen and oxygen atoms in total. The molecule has 0 amide bonds. The Labute approximate surface area is 506 Å². The van der Waals surface area contributed by atoms with Gasteiger partial charge < -0.3 is 27.8 Å². The van der Waals surface area contributed by atoms with E-state index in [1.165, 1.54) is 32.3 Å². The molecule has 6 heteroatoms. The first kappa shape index (κ1) is 49.6. The molecular weight excluding hydrogens is 1070 g/mol. The van der Waals surface area contributed by atoms with Crippen molar-refractivity contribution in [3.8, 4) is 33.6 Å². The van der Waals surface area contributed by atoms with Crippen LogP contribution in [0, 0.1) is 0 Å². The maximum absolute atomic E-state index is 6.40. The molecule has 0 fully saturated rings. The van der Waals surface area contributed by atoms with Crippen molar-refractivity contribution in [2.45, 2.75) is 0 Å². The van der Waals surface area contributed by atoms with Crippen molar-refractivity contribution >= 4 is 132 Å². The van der Waals surface area contributed by atoms with Gasteiger partial charge in [0.15, 0.2) is 0 Å². The highest BCUT2D eigenvalue weighted by Crippen LogP contribution is 2.48. The quantitative estimate of drug-likeness (QED) is 0.137. The van der Waals surface area contributed by atoms with Crippen molar-refractivity contribution in [1.29, 1.82) is 0 Å². The molecule has 0 saturated carbocycles. The first-order valence-electron chi connectivity index (χ1n) is 30.0. The molecule has 412 valence electrons. The first-order valence-corrected chi connectivity index (χ1v) is 30.0. The minimum Gasteiger partial charge on any atom is -0.456 e. The Bertz CT molecular complexity index is 5400. The monoisotopic (exact) mass is 1120 g/mol. The molecule has 18 rings (SSSR count). The Kier molecular flexibility index (Phi) is 11.2. The zero-order valence-electron chi connectivity index (χ0n) is 47.6. The summed E-state index contributed by atoms with van der Waals surface area (Å²) in [5.41, 5.74) is 21.0. The van der Waals surface area contributed by atoms with Gasteiger partial charge in [-0.25, -0.2) is 0 Å². The molecule has 0 bridgehead atoms. The summed E-state index contributed by atoms with van der Waals surface area (Å²) in [6.45, 7) is 0. The Balaban J connectivity index is 0.860. The van der Waals surface area contributed by atoms with Crippen LogP contribution in [0.1, 0.15) is 0 Å². The van der Waals surface area contributed by atoms with Gasteiger partial charge in [0.25, 0.3) is 0 Å². The van der Waals surface area contributed by atoms with Gasteiger partial charge in [0.1, 0.15) is 22.3 Å². The fraction of sp³-hybridized carbons (Fsp3) is 0. The lowest BCUT2D eigenvalue weighted by Crippen LogP contribution is -2.10. The molecule has 0 aliphatic heterocycles. The Morgan fingerprint density at radius 3 is 0.989 bits per heavy atom. The number of benzene rings is 14. The summed E-state index contributed by atoms with van der Waals surface area (Å²) < 4.78 is 17.7. The highest BCUT2D eigenvalue weighted by Gasteiger charge is 2.25. The van der Waals surface area contributed by atoms with Crippen LogP contribution < -0.4 is 9.80 Å². The third kappa shape index (κ3) is 7.89. The van der Waals surface area contributed by atoms with E-state index in [1.807, 2.05) is 24.3 Å². The van der Waals surface area contributed by atoms with Gasteiger partial charge in [-0.15, -0.1) is 0 Å². The van der Waals surface area contributed by atoms with E-state index >= 15 is 0 Å². The standard InChI is InChI=1S/C82H52N4O2/c1-5-19-53(20-6-1)55-23-17-29-59(47-55)83(61-37-45-79-71(49-61)65-31-13-15-33-77(65)87-79)63-35-39-69-75(51-63)85(57-25-9-3-10-26-57)73-43-41-68-67(81(69)73)42-44-74-82(68)70-40-36-64(52-76(70)86(74)58-27-11-4-12-28-58)84(60-30-18-24-56(48-60)54-21-7-2-8-22-54)62-38-46-80-72(50-62)66-32-14-16-34-78(66)88-80/h1-52H. The van der Waals surface area contributed by atoms with Gasteiger partial charge in [0, 0.05) is 88.6 Å². The van der Waals surface area contributed by atoms with Crippen LogP contribution in [-0.2, 0) is 0 Å². The second kappa shape index (κ2) is 19.9. The molecule has 4 aromatic heterocycles. The van der Waals surface area contributed by atoms with Crippen LogP contribution in [0.4, 0.5) is 34.1 Å². The van der Waals surface area contributed by atoms with E-state index in [-0.39, 0.29) is 0 Å². The molecule has 0 spiro atoms. The number of fused-ring (bicyclic) bond motifs is 15. The fourth-order valence-corrected chi connectivity index (χ4v) is 13.9. The summed E-state index contributed by atoms with van der Waals surface area (Å²) in [7, 11) is 0. The zero-order valence-corrected chi connectivity index (χ0v) is 47.6. The molecule has 14 aromatic carbocycles. The SMILES string of the molecule is c1ccc(-c2cccc(N(c3ccc4oc5ccccc5c4c3)c3ccc4c5c6ccc7c(c6ccc5n(-c5ccccc5)c4c3)c3ccc(N(c4cccc(-c5ccccc5)c4)c4ccc5oc6ccccc6c5c4)cc3n7-c3ccccc3)c2)cc1. The molecule has 0 N–H and O–H groups in total. The molecule has 0 radical (unpaired) electrons. The number of aromatic nitrogens is 2. The number of anilines is 6. The van der Waals surface area contributed by atoms with E-state index < -0.39 is 0 Å². The van der Waals surface area contributed by atoms with Crippen LogP contribution in [0.2, 0.25) is 0 Å². The molecule has 0 atom stereocenters. The molecule has 0 aliphatic rings. The average Bonchev–Trinajstić information content (AvgIpc) is 1.68. The smallest absolute Gasteiger partial charge is 0.135 e. The van der Waals surface area contributed by atoms with Crippen molar-refractivity contribution in [1.82, 2.24) is 9.13 Å². The second-order valence-corrected chi connectivity index (χ2v) is 22.8. The molecule has 0 saturated heterocycles. The summed E-state index contributed by atoms with van der Waals surface area (Å²) in [6, 6.07) is 114. The van der Waals surface area contributed by atoms with Crippen LogP contribution in [0.15, 0.2) is 324 Å². The van der Waals surface area contributed by atoms with Gasteiger partial charge in [-0.05, 0) is 166 Å². The van der Waals surface area contributed by atoms with Gasteiger partial charge in [-0.3, -0.25) is 0 Å². The summed E-state index contributed by atoms with van der Waals surface area (Å²) in [5, 5.41) is 11.5. The van der Waals surface area contributed by atoms with E-state index in [1.54, 1.807) is 0 Å². The minimum atomic E-state index is 0.861. The van der Waals surface area contributed by atoms with E-state index in [2.05, 4.69) is 310 Å².